The molecule has 1 aliphatic heterocycles. The number of benzene rings is 1. The second-order valence-corrected chi connectivity index (χ2v) is 10.2. The lowest BCUT2D eigenvalue weighted by Crippen LogP contribution is -2.39. The molecule has 2 aliphatic rings. The number of nitrogens with one attached hydrogen (secondary N) is 1. The van der Waals surface area contributed by atoms with E-state index in [1.807, 2.05) is 18.3 Å². The SMILES string of the molecule is OC(CNc1cc(-c2ncc3ccn(C4CCCCC4)c3n2)ccn1)CN1CCc2ccccc2C1. The summed E-state index contributed by atoms with van der Waals surface area (Å²) in [5.74, 6) is 1.43. The summed E-state index contributed by atoms with van der Waals surface area (Å²) in [6, 6.07) is 15.2. The van der Waals surface area contributed by atoms with E-state index in [1.54, 1.807) is 6.20 Å². The van der Waals surface area contributed by atoms with Crippen molar-refractivity contribution in [2.24, 2.45) is 0 Å². The maximum Gasteiger partial charge on any atom is 0.161 e. The van der Waals surface area contributed by atoms with Crippen molar-refractivity contribution in [1.82, 2.24) is 24.4 Å². The highest BCUT2D eigenvalue weighted by Gasteiger charge is 2.20. The summed E-state index contributed by atoms with van der Waals surface area (Å²) in [7, 11) is 0. The predicted molar refractivity (Wildman–Crippen MR) is 143 cm³/mol. The van der Waals surface area contributed by atoms with Gasteiger partial charge in [-0.25, -0.2) is 15.0 Å². The van der Waals surface area contributed by atoms with Crippen LogP contribution in [-0.2, 0) is 13.0 Å². The molecule has 1 aliphatic carbocycles. The number of rotatable bonds is 7. The molecule has 0 saturated heterocycles. The second-order valence-electron chi connectivity index (χ2n) is 10.2. The van der Waals surface area contributed by atoms with Crippen molar-refractivity contribution in [3.8, 4) is 11.4 Å². The first kappa shape index (κ1) is 23.1. The minimum absolute atomic E-state index is 0.443. The fourth-order valence-corrected chi connectivity index (χ4v) is 5.69. The van der Waals surface area contributed by atoms with E-state index < -0.39 is 6.10 Å². The monoisotopic (exact) mass is 482 g/mol. The number of fused-ring (bicyclic) bond motifs is 2. The van der Waals surface area contributed by atoms with Crippen LogP contribution >= 0.6 is 0 Å². The van der Waals surface area contributed by atoms with Crippen molar-refractivity contribution in [3.63, 3.8) is 0 Å². The number of pyridine rings is 1. The van der Waals surface area contributed by atoms with Gasteiger partial charge in [0.2, 0.25) is 0 Å². The Morgan fingerprint density at radius 3 is 2.78 bits per heavy atom. The van der Waals surface area contributed by atoms with E-state index in [1.165, 1.54) is 43.2 Å². The highest BCUT2D eigenvalue weighted by atomic mass is 16.3. The van der Waals surface area contributed by atoms with Crippen LogP contribution in [0.3, 0.4) is 0 Å². The number of hydrogen-bond donors (Lipinski definition) is 2. The third kappa shape index (κ3) is 4.99. The van der Waals surface area contributed by atoms with Gasteiger partial charge < -0.3 is 15.0 Å². The maximum absolute atomic E-state index is 10.7. The number of aromatic nitrogens is 4. The maximum atomic E-state index is 10.7. The van der Waals surface area contributed by atoms with E-state index in [2.05, 4.69) is 61.3 Å². The Bertz CT molecular complexity index is 1330. The molecule has 7 nitrogen and oxygen atoms in total. The summed E-state index contributed by atoms with van der Waals surface area (Å²) in [4.78, 5) is 16.4. The molecule has 1 aromatic carbocycles. The van der Waals surface area contributed by atoms with Gasteiger partial charge in [-0.15, -0.1) is 0 Å². The van der Waals surface area contributed by atoms with Crippen LogP contribution in [0.5, 0.6) is 0 Å². The van der Waals surface area contributed by atoms with Gasteiger partial charge in [0.15, 0.2) is 5.82 Å². The normalized spacial score (nSPS) is 17.7. The molecular formula is C29H34N6O. The van der Waals surface area contributed by atoms with E-state index in [4.69, 9.17) is 4.98 Å². The van der Waals surface area contributed by atoms with E-state index in [0.29, 0.717) is 25.0 Å². The molecule has 36 heavy (non-hydrogen) atoms. The lowest BCUT2D eigenvalue weighted by atomic mass is 9.95. The van der Waals surface area contributed by atoms with E-state index in [0.717, 1.165) is 41.9 Å². The van der Waals surface area contributed by atoms with Crippen LogP contribution in [0.15, 0.2) is 61.1 Å². The number of aliphatic hydroxyl groups excluding tert-OH is 1. The number of aliphatic hydroxyl groups is 1. The topological polar surface area (TPSA) is 79.1 Å². The Kier molecular flexibility index (Phi) is 6.66. The average Bonchev–Trinajstić information content (AvgIpc) is 3.36. The van der Waals surface area contributed by atoms with Gasteiger partial charge in [-0.2, -0.15) is 0 Å². The molecule has 0 radical (unpaired) electrons. The van der Waals surface area contributed by atoms with Crippen LogP contribution in [0.2, 0.25) is 0 Å². The van der Waals surface area contributed by atoms with Crippen LogP contribution < -0.4 is 5.32 Å². The number of β-amino-alcohol motifs (C(OH)–C–C–N with tert-alkyl or cyclic N) is 1. The fourth-order valence-electron chi connectivity index (χ4n) is 5.69. The minimum atomic E-state index is -0.480. The molecular weight excluding hydrogens is 448 g/mol. The van der Waals surface area contributed by atoms with Crippen molar-refractivity contribution >= 4 is 16.9 Å². The summed E-state index contributed by atoms with van der Waals surface area (Å²) in [5.41, 5.74) is 4.73. The first-order chi connectivity index (χ1) is 17.7. The standard InChI is InChI=1S/C29H34N6O/c36-26(20-34-14-11-21-6-4-5-7-24(21)19-34)18-31-27-16-22(10-13-30-27)28-32-17-23-12-15-35(29(23)33-28)25-8-2-1-3-9-25/h4-7,10,12-13,15-17,25-26,36H,1-3,8-9,11,14,18-20H2,(H,30,31). The van der Waals surface area contributed by atoms with E-state index >= 15 is 0 Å². The van der Waals surface area contributed by atoms with Gasteiger partial charge in [0.1, 0.15) is 11.5 Å². The molecule has 1 atom stereocenters. The van der Waals surface area contributed by atoms with Gasteiger partial charge in [0.25, 0.3) is 0 Å². The Balaban J connectivity index is 1.11. The van der Waals surface area contributed by atoms with Crippen molar-refractivity contribution < 1.29 is 5.11 Å². The van der Waals surface area contributed by atoms with Crippen molar-refractivity contribution in [1.29, 1.82) is 0 Å². The summed E-state index contributed by atoms with van der Waals surface area (Å²) >= 11 is 0. The first-order valence-corrected chi connectivity index (χ1v) is 13.2. The third-order valence-electron chi connectivity index (χ3n) is 7.64. The second kappa shape index (κ2) is 10.4. The highest BCUT2D eigenvalue weighted by Crippen LogP contribution is 2.31. The van der Waals surface area contributed by atoms with E-state index in [-0.39, 0.29) is 0 Å². The molecule has 186 valence electrons. The quantitative estimate of drug-likeness (QED) is 0.393. The first-order valence-electron chi connectivity index (χ1n) is 13.2. The Labute approximate surface area is 212 Å². The Morgan fingerprint density at radius 1 is 1.03 bits per heavy atom. The predicted octanol–water partition coefficient (Wildman–Crippen LogP) is 4.83. The van der Waals surface area contributed by atoms with Gasteiger partial charge in [0, 0.05) is 61.8 Å². The molecule has 0 amide bonds. The molecule has 3 aromatic heterocycles. The molecule has 2 N–H and O–H groups in total. The van der Waals surface area contributed by atoms with E-state index in [9.17, 15) is 5.11 Å². The minimum Gasteiger partial charge on any atom is -0.390 e. The molecule has 1 saturated carbocycles. The molecule has 7 heteroatoms. The molecule has 6 rings (SSSR count). The average molecular weight is 483 g/mol. The zero-order valence-corrected chi connectivity index (χ0v) is 20.7. The summed E-state index contributed by atoms with van der Waals surface area (Å²) in [6.45, 7) is 2.95. The molecule has 1 fully saturated rings. The number of anilines is 1. The Hall–Kier alpha value is -3.29. The van der Waals surface area contributed by atoms with Crippen molar-refractivity contribution in [2.45, 2.75) is 57.2 Å². The van der Waals surface area contributed by atoms with Crippen LogP contribution in [0, 0.1) is 0 Å². The van der Waals surface area contributed by atoms with Gasteiger partial charge in [-0.05, 0) is 48.6 Å². The lowest BCUT2D eigenvalue weighted by Gasteiger charge is -2.30. The van der Waals surface area contributed by atoms with Gasteiger partial charge in [-0.1, -0.05) is 43.5 Å². The fraction of sp³-hybridized carbons (Fsp3) is 0.414. The highest BCUT2D eigenvalue weighted by molar-refractivity contribution is 5.77. The molecule has 4 heterocycles. The molecule has 0 spiro atoms. The summed E-state index contributed by atoms with van der Waals surface area (Å²) in [5, 5.41) is 15.1. The molecule has 1 unspecified atom stereocenters. The number of nitrogens with zero attached hydrogens (tertiary/aromatic N) is 5. The third-order valence-corrected chi connectivity index (χ3v) is 7.64. The lowest BCUT2D eigenvalue weighted by molar-refractivity contribution is 0.114. The van der Waals surface area contributed by atoms with Gasteiger partial charge in [-0.3, -0.25) is 4.90 Å². The molecule has 0 bridgehead atoms. The summed E-state index contributed by atoms with van der Waals surface area (Å²) in [6.07, 6.45) is 12.8. The summed E-state index contributed by atoms with van der Waals surface area (Å²) < 4.78 is 2.34. The van der Waals surface area contributed by atoms with Crippen LogP contribution in [-0.4, -0.2) is 55.3 Å². The zero-order chi connectivity index (χ0) is 24.3. The van der Waals surface area contributed by atoms with Crippen LogP contribution in [0.4, 0.5) is 5.82 Å². The van der Waals surface area contributed by atoms with Gasteiger partial charge >= 0.3 is 0 Å². The smallest absolute Gasteiger partial charge is 0.161 e. The zero-order valence-electron chi connectivity index (χ0n) is 20.7. The largest absolute Gasteiger partial charge is 0.390 e. The van der Waals surface area contributed by atoms with Crippen molar-refractivity contribution in [3.05, 3.63) is 72.2 Å². The molecule has 4 aromatic rings. The van der Waals surface area contributed by atoms with Crippen LogP contribution in [0.25, 0.3) is 22.4 Å². The van der Waals surface area contributed by atoms with Gasteiger partial charge in [0.05, 0.1) is 6.10 Å². The van der Waals surface area contributed by atoms with Crippen molar-refractivity contribution in [2.75, 3.05) is 25.0 Å². The number of hydrogen-bond acceptors (Lipinski definition) is 6. The Morgan fingerprint density at radius 2 is 1.89 bits per heavy atom. The van der Waals surface area contributed by atoms with Crippen LogP contribution in [0.1, 0.15) is 49.3 Å².